The highest BCUT2D eigenvalue weighted by atomic mass is 16.6. The maximum Gasteiger partial charge on any atom is 0.407 e. The molecule has 3 unspecified atom stereocenters. The van der Waals surface area contributed by atoms with Gasteiger partial charge in [-0.1, -0.05) is 6.92 Å². The summed E-state index contributed by atoms with van der Waals surface area (Å²) in [6, 6.07) is 0. The molecule has 34 heavy (non-hydrogen) atoms. The summed E-state index contributed by atoms with van der Waals surface area (Å²) in [4.78, 5) is 11.7. The van der Waals surface area contributed by atoms with Gasteiger partial charge in [0, 0.05) is 26.0 Å². The molecule has 0 aromatic rings. The largest absolute Gasteiger partial charge is 0.444 e. The van der Waals surface area contributed by atoms with E-state index < -0.39 is 11.7 Å². The Kier molecular flexibility index (Phi) is 11.2. The molecule has 0 aromatic carbocycles. The van der Waals surface area contributed by atoms with Gasteiger partial charge in [0.15, 0.2) is 0 Å². The highest BCUT2D eigenvalue weighted by Gasteiger charge is 2.49. The van der Waals surface area contributed by atoms with Crippen molar-refractivity contribution in [3.05, 3.63) is 0 Å². The number of hydrogen-bond acceptors (Lipinski definition) is 5. The molecule has 0 aromatic heterocycles. The van der Waals surface area contributed by atoms with Crippen molar-refractivity contribution in [1.82, 2.24) is 5.32 Å². The van der Waals surface area contributed by atoms with Gasteiger partial charge in [-0.2, -0.15) is 0 Å². The number of alkyl carbamates (subject to hydrolysis) is 1. The fourth-order valence-electron chi connectivity index (χ4n) is 4.50. The molecule has 1 N–H and O–H groups in total. The first-order valence-electron chi connectivity index (χ1n) is 13.2. The molecule has 2 rings (SSSR count). The molecular formula is C28H49NO5. The first kappa shape index (κ1) is 28.9. The summed E-state index contributed by atoms with van der Waals surface area (Å²) >= 11 is 0. The van der Waals surface area contributed by atoms with E-state index in [1.54, 1.807) is 0 Å². The molecule has 1 fully saturated rings. The minimum Gasteiger partial charge on any atom is -0.444 e. The topological polar surface area (TPSA) is 66.0 Å². The Morgan fingerprint density at radius 2 is 1.56 bits per heavy atom. The Hall–Kier alpha value is -1.29. The van der Waals surface area contributed by atoms with E-state index in [1.807, 2.05) is 20.8 Å². The summed E-state index contributed by atoms with van der Waals surface area (Å²) in [5.41, 5.74) is -0.904. The number of carbonyl (C=O) groups excluding carboxylic acids is 1. The van der Waals surface area contributed by atoms with Gasteiger partial charge in [-0.25, -0.2) is 4.79 Å². The van der Waals surface area contributed by atoms with Gasteiger partial charge in [-0.05, 0) is 91.4 Å². The standard InChI is InChI=1S/C28H49NO5/c1-8-28(7,16-18-31-20-17-29-25(30)34-26(2,3)4)32-19-15-27(5,6)33-21-24-22-13-11-9-10-12-14-23(22)24/h22-24H,8,11-21H2,1-7H3,(H,29,30). The van der Waals surface area contributed by atoms with Crippen LogP contribution in [0.15, 0.2) is 0 Å². The molecule has 0 bridgehead atoms. The zero-order chi connectivity index (χ0) is 25.2. The SMILES string of the molecule is CCC(C)(CCOCCNC(=O)OC(C)(C)C)OCCC(C)(C)OCC1C2CCC#CCCC21. The number of amides is 1. The second kappa shape index (κ2) is 13.1. The maximum atomic E-state index is 11.7. The number of nitrogens with one attached hydrogen (secondary N) is 1. The molecule has 6 heteroatoms. The monoisotopic (exact) mass is 479 g/mol. The molecule has 0 saturated heterocycles. The first-order valence-corrected chi connectivity index (χ1v) is 13.2. The number of ether oxygens (including phenoxy) is 4. The lowest BCUT2D eigenvalue weighted by molar-refractivity contribution is -0.0913. The molecule has 3 atom stereocenters. The van der Waals surface area contributed by atoms with Gasteiger partial charge in [0.25, 0.3) is 0 Å². The molecule has 0 aliphatic heterocycles. The number of hydrogen-bond donors (Lipinski definition) is 1. The molecule has 0 spiro atoms. The minimum atomic E-state index is -0.491. The van der Waals surface area contributed by atoms with Crippen LogP contribution in [0.4, 0.5) is 4.79 Å². The van der Waals surface area contributed by atoms with E-state index in [-0.39, 0.29) is 11.2 Å². The smallest absolute Gasteiger partial charge is 0.407 e. The van der Waals surface area contributed by atoms with Crippen molar-refractivity contribution in [2.24, 2.45) is 17.8 Å². The molecule has 1 amide bonds. The van der Waals surface area contributed by atoms with Crippen molar-refractivity contribution in [2.45, 2.75) is 110 Å². The Labute approximate surface area is 208 Å². The van der Waals surface area contributed by atoms with Crippen LogP contribution in [-0.4, -0.2) is 55.9 Å². The van der Waals surface area contributed by atoms with Crippen molar-refractivity contribution in [3.63, 3.8) is 0 Å². The molecular weight excluding hydrogens is 430 g/mol. The Morgan fingerprint density at radius 1 is 0.912 bits per heavy atom. The predicted octanol–water partition coefficient (Wildman–Crippen LogP) is 5.73. The van der Waals surface area contributed by atoms with Crippen LogP contribution >= 0.6 is 0 Å². The lowest BCUT2D eigenvalue weighted by atomic mass is 9.99. The molecule has 196 valence electrons. The second-order valence-electron chi connectivity index (χ2n) is 11.7. The van der Waals surface area contributed by atoms with Crippen LogP contribution in [0.2, 0.25) is 0 Å². The van der Waals surface area contributed by atoms with Gasteiger partial charge in [-0.3, -0.25) is 0 Å². The van der Waals surface area contributed by atoms with Crippen LogP contribution in [0.1, 0.15) is 93.4 Å². The molecule has 2 aliphatic carbocycles. The number of carbonyl (C=O) groups is 1. The maximum absolute atomic E-state index is 11.7. The van der Waals surface area contributed by atoms with Gasteiger partial charge in [0.1, 0.15) is 5.60 Å². The van der Waals surface area contributed by atoms with Crippen molar-refractivity contribution in [1.29, 1.82) is 0 Å². The molecule has 0 radical (unpaired) electrons. The van der Waals surface area contributed by atoms with E-state index in [1.165, 1.54) is 12.8 Å². The molecule has 6 nitrogen and oxygen atoms in total. The third kappa shape index (κ3) is 11.0. The minimum absolute atomic E-state index is 0.188. The van der Waals surface area contributed by atoms with Gasteiger partial charge in [0.05, 0.1) is 31.0 Å². The lowest BCUT2D eigenvalue weighted by Crippen LogP contribution is -2.35. The summed E-state index contributed by atoms with van der Waals surface area (Å²) in [6.07, 6.45) is 6.76. The lowest BCUT2D eigenvalue weighted by Gasteiger charge is -2.32. The van der Waals surface area contributed by atoms with Gasteiger partial charge >= 0.3 is 6.09 Å². The summed E-state index contributed by atoms with van der Waals surface area (Å²) in [5, 5.41) is 2.71. The molecule has 0 heterocycles. The Morgan fingerprint density at radius 3 is 2.15 bits per heavy atom. The summed E-state index contributed by atoms with van der Waals surface area (Å²) in [6.45, 7) is 17.2. The summed E-state index contributed by atoms with van der Waals surface area (Å²) in [7, 11) is 0. The van der Waals surface area contributed by atoms with Crippen LogP contribution in [0, 0.1) is 29.6 Å². The quantitative estimate of drug-likeness (QED) is 0.255. The molecule has 1 saturated carbocycles. The highest BCUT2D eigenvalue weighted by molar-refractivity contribution is 5.67. The Bertz CT molecular complexity index is 671. The Balaban J connectivity index is 1.58. The summed E-state index contributed by atoms with van der Waals surface area (Å²) in [5.74, 6) is 8.93. The first-order chi connectivity index (χ1) is 15.9. The van der Waals surface area contributed by atoms with E-state index in [9.17, 15) is 4.79 Å². The third-order valence-electron chi connectivity index (χ3n) is 7.10. The zero-order valence-corrected chi connectivity index (χ0v) is 22.8. The van der Waals surface area contributed by atoms with Crippen molar-refractivity contribution < 1.29 is 23.7 Å². The van der Waals surface area contributed by atoms with E-state index in [0.717, 1.165) is 50.5 Å². The van der Waals surface area contributed by atoms with Crippen molar-refractivity contribution in [2.75, 3.05) is 33.0 Å². The summed E-state index contributed by atoms with van der Waals surface area (Å²) < 4.78 is 23.6. The van der Waals surface area contributed by atoms with Crippen LogP contribution in [-0.2, 0) is 18.9 Å². The number of rotatable bonds is 14. The fraction of sp³-hybridized carbons (Fsp3) is 0.893. The van der Waals surface area contributed by atoms with Gasteiger partial charge < -0.3 is 24.3 Å². The third-order valence-corrected chi connectivity index (χ3v) is 7.10. The molecule has 2 aliphatic rings. The normalized spacial score (nSPS) is 24.0. The van der Waals surface area contributed by atoms with Gasteiger partial charge in [-0.15, -0.1) is 11.8 Å². The number of fused-ring (bicyclic) bond motifs is 1. The highest BCUT2D eigenvalue weighted by Crippen LogP contribution is 2.52. The van der Waals surface area contributed by atoms with Crippen LogP contribution in [0.3, 0.4) is 0 Å². The second-order valence-corrected chi connectivity index (χ2v) is 11.7. The van der Waals surface area contributed by atoms with E-state index in [0.29, 0.717) is 32.3 Å². The van der Waals surface area contributed by atoms with E-state index in [4.69, 9.17) is 18.9 Å². The fourth-order valence-corrected chi connectivity index (χ4v) is 4.50. The van der Waals surface area contributed by atoms with Gasteiger partial charge in [0.2, 0.25) is 0 Å². The van der Waals surface area contributed by atoms with Crippen LogP contribution < -0.4 is 5.32 Å². The van der Waals surface area contributed by atoms with Crippen molar-refractivity contribution in [3.8, 4) is 11.8 Å². The zero-order valence-electron chi connectivity index (χ0n) is 22.8. The van der Waals surface area contributed by atoms with E-state index in [2.05, 4.69) is 44.9 Å². The van der Waals surface area contributed by atoms with Crippen molar-refractivity contribution >= 4 is 6.09 Å². The predicted molar refractivity (Wildman–Crippen MR) is 136 cm³/mol. The average molecular weight is 480 g/mol. The average Bonchev–Trinajstić information content (AvgIpc) is 3.37. The van der Waals surface area contributed by atoms with Crippen LogP contribution in [0.25, 0.3) is 0 Å². The van der Waals surface area contributed by atoms with E-state index >= 15 is 0 Å². The van der Waals surface area contributed by atoms with Crippen LogP contribution in [0.5, 0.6) is 0 Å².